The Morgan fingerprint density at radius 1 is 1.10 bits per heavy atom. The summed E-state index contributed by atoms with van der Waals surface area (Å²) < 4.78 is 0. The molecule has 4 fully saturated rings. The molecule has 2 bridgehead atoms. The van der Waals surface area contributed by atoms with Crippen LogP contribution in [0.2, 0.25) is 0 Å². The first-order valence-electron chi connectivity index (χ1n) is 4.74. The van der Waals surface area contributed by atoms with Gasteiger partial charge in [0, 0.05) is 0 Å². The first kappa shape index (κ1) is 5.62. The molecule has 0 aromatic heterocycles. The van der Waals surface area contributed by atoms with Crippen molar-refractivity contribution in [1.82, 2.24) is 0 Å². The maximum atomic E-state index is 2.55. The van der Waals surface area contributed by atoms with Crippen molar-refractivity contribution in [3.63, 3.8) is 0 Å². The lowest BCUT2D eigenvalue weighted by Gasteiger charge is -2.42. The molecule has 0 nitrogen and oxygen atoms in total. The third-order valence-electron chi connectivity index (χ3n) is 4.76. The van der Waals surface area contributed by atoms with Crippen LogP contribution < -0.4 is 0 Å². The molecule has 1 unspecified atom stereocenters. The average molecular weight is 136 g/mol. The molecular weight excluding hydrogens is 120 g/mol. The van der Waals surface area contributed by atoms with Gasteiger partial charge in [0.05, 0.1) is 0 Å². The molecule has 1 spiro atoms. The summed E-state index contributed by atoms with van der Waals surface area (Å²) in [7, 11) is 0. The lowest BCUT2D eigenvalue weighted by atomic mass is 9.63. The second-order valence-electron chi connectivity index (χ2n) is 5.17. The zero-order valence-electron chi connectivity index (χ0n) is 6.82. The summed E-state index contributed by atoms with van der Waals surface area (Å²) in [5.74, 6) is 1.16. The largest absolute Gasteiger partial charge is 0.0591 e. The predicted octanol–water partition coefficient (Wildman–Crippen LogP) is 2.98. The first-order chi connectivity index (χ1) is 4.74. The van der Waals surface area contributed by atoms with Gasteiger partial charge in [-0.2, -0.15) is 0 Å². The molecule has 0 aromatic rings. The molecular formula is C10H16. The van der Waals surface area contributed by atoms with Crippen LogP contribution in [0.25, 0.3) is 0 Å². The summed E-state index contributed by atoms with van der Waals surface area (Å²) in [5.41, 5.74) is 1.70. The van der Waals surface area contributed by atoms with E-state index in [0.717, 1.165) is 16.7 Å². The SMILES string of the molecule is CC12CCCC13CC(C2)C3. The van der Waals surface area contributed by atoms with Crippen molar-refractivity contribution in [2.45, 2.75) is 45.4 Å². The molecule has 0 radical (unpaired) electrons. The van der Waals surface area contributed by atoms with Crippen molar-refractivity contribution >= 4 is 0 Å². The molecule has 0 aliphatic heterocycles. The van der Waals surface area contributed by atoms with E-state index in [9.17, 15) is 0 Å². The Morgan fingerprint density at radius 3 is 2.60 bits per heavy atom. The Hall–Kier alpha value is 0. The minimum Gasteiger partial charge on any atom is -0.0591 e. The maximum Gasteiger partial charge on any atom is -0.0238 e. The predicted molar refractivity (Wildman–Crippen MR) is 41.7 cm³/mol. The van der Waals surface area contributed by atoms with E-state index >= 15 is 0 Å². The summed E-state index contributed by atoms with van der Waals surface area (Å²) in [6.45, 7) is 2.55. The number of hydrogen-bond acceptors (Lipinski definition) is 0. The Bertz CT molecular complexity index is 166. The fourth-order valence-electron chi connectivity index (χ4n) is 4.23. The van der Waals surface area contributed by atoms with Crippen LogP contribution in [-0.4, -0.2) is 0 Å². The summed E-state index contributed by atoms with van der Waals surface area (Å²) >= 11 is 0. The van der Waals surface area contributed by atoms with E-state index in [4.69, 9.17) is 0 Å². The van der Waals surface area contributed by atoms with Gasteiger partial charge in [-0.25, -0.2) is 0 Å². The summed E-state index contributed by atoms with van der Waals surface area (Å²) in [6.07, 6.45) is 9.42. The zero-order chi connectivity index (χ0) is 6.82. The summed E-state index contributed by atoms with van der Waals surface area (Å²) in [6, 6.07) is 0. The molecule has 4 aliphatic carbocycles. The normalized spacial score (nSPS) is 63.9. The van der Waals surface area contributed by atoms with Gasteiger partial charge in [0.15, 0.2) is 0 Å². The topological polar surface area (TPSA) is 0 Å². The molecule has 0 N–H and O–H groups in total. The smallest absolute Gasteiger partial charge is 0.0238 e. The van der Waals surface area contributed by atoms with Crippen molar-refractivity contribution < 1.29 is 0 Å². The van der Waals surface area contributed by atoms with Crippen LogP contribution in [0.3, 0.4) is 0 Å². The van der Waals surface area contributed by atoms with Crippen LogP contribution in [-0.2, 0) is 0 Å². The average Bonchev–Trinajstić information content (AvgIpc) is 2.19. The van der Waals surface area contributed by atoms with Crippen LogP contribution in [0.4, 0.5) is 0 Å². The lowest BCUT2D eigenvalue weighted by molar-refractivity contribution is 0.0790. The van der Waals surface area contributed by atoms with E-state index in [2.05, 4.69) is 6.92 Å². The Balaban J connectivity index is 2.07. The van der Waals surface area contributed by atoms with Gasteiger partial charge in [0.25, 0.3) is 0 Å². The van der Waals surface area contributed by atoms with Crippen LogP contribution in [0, 0.1) is 16.7 Å². The molecule has 56 valence electrons. The van der Waals surface area contributed by atoms with Crippen LogP contribution in [0.1, 0.15) is 45.4 Å². The Labute approximate surface area is 63.0 Å². The van der Waals surface area contributed by atoms with E-state index in [0.29, 0.717) is 0 Å². The van der Waals surface area contributed by atoms with E-state index in [1.807, 2.05) is 0 Å². The highest BCUT2D eigenvalue weighted by atomic mass is 14.7. The molecule has 4 aliphatic rings. The molecule has 1 atom stereocenters. The van der Waals surface area contributed by atoms with Gasteiger partial charge in [-0.05, 0) is 48.9 Å². The molecule has 0 amide bonds. The quantitative estimate of drug-likeness (QED) is 0.480. The second-order valence-corrected chi connectivity index (χ2v) is 5.17. The summed E-state index contributed by atoms with van der Waals surface area (Å²) in [5, 5.41) is 0. The molecule has 0 saturated heterocycles. The highest BCUT2D eigenvalue weighted by molar-refractivity contribution is 5.15. The van der Waals surface area contributed by atoms with E-state index in [1.54, 1.807) is 32.1 Å². The van der Waals surface area contributed by atoms with Crippen LogP contribution in [0.15, 0.2) is 0 Å². The van der Waals surface area contributed by atoms with Gasteiger partial charge in [-0.3, -0.25) is 0 Å². The van der Waals surface area contributed by atoms with Gasteiger partial charge >= 0.3 is 0 Å². The van der Waals surface area contributed by atoms with Gasteiger partial charge in [-0.15, -0.1) is 0 Å². The van der Waals surface area contributed by atoms with Crippen molar-refractivity contribution in [2.24, 2.45) is 16.7 Å². The fourth-order valence-corrected chi connectivity index (χ4v) is 4.23. The number of hydrogen-bond donors (Lipinski definition) is 0. The third-order valence-corrected chi connectivity index (χ3v) is 4.76. The van der Waals surface area contributed by atoms with Gasteiger partial charge in [0.2, 0.25) is 0 Å². The minimum atomic E-state index is 0.817. The number of rotatable bonds is 0. The van der Waals surface area contributed by atoms with Crippen LogP contribution in [0.5, 0.6) is 0 Å². The van der Waals surface area contributed by atoms with E-state index < -0.39 is 0 Å². The van der Waals surface area contributed by atoms with Crippen molar-refractivity contribution in [3.05, 3.63) is 0 Å². The second kappa shape index (κ2) is 1.31. The molecule has 10 heavy (non-hydrogen) atoms. The van der Waals surface area contributed by atoms with Gasteiger partial charge in [-0.1, -0.05) is 13.3 Å². The molecule has 0 heteroatoms. The highest BCUT2D eigenvalue weighted by Gasteiger charge is 2.65. The van der Waals surface area contributed by atoms with Crippen LogP contribution >= 0.6 is 0 Å². The Morgan fingerprint density at radius 2 is 1.90 bits per heavy atom. The highest BCUT2D eigenvalue weighted by Crippen LogP contribution is 2.75. The zero-order valence-corrected chi connectivity index (χ0v) is 6.82. The fraction of sp³-hybridized carbons (Fsp3) is 1.00. The maximum absolute atomic E-state index is 2.55. The van der Waals surface area contributed by atoms with Crippen molar-refractivity contribution in [3.8, 4) is 0 Å². The Kier molecular flexibility index (Phi) is 0.735. The van der Waals surface area contributed by atoms with Crippen molar-refractivity contribution in [1.29, 1.82) is 0 Å². The molecule has 4 rings (SSSR count). The minimum absolute atomic E-state index is 0.817. The lowest BCUT2D eigenvalue weighted by Crippen LogP contribution is -2.33. The first-order valence-corrected chi connectivity index (χ1v) is 4.74. The molecule has 0 aromatic carbocycles. The van der Waals surface area contributed by atoms with Gasteiger partial charge in [0.1, 0.15) is 0 Å². The summed E-state index contributed by atoms with van der Waals surface area (Å²) in [4.78, 5) is 0. The molecule has 0 heterocycles. The van der Waals surface area contributed by atoms with Gasteiger partial charge < -0.3 is 0 Å². The van der Waals surface area contributed by atoms with Crippen molar-refractivity contribution in [2.75, 3.05) is 0 Å². The molecule has 4 saturated carbocycles. The van der Waals surface area contributed by atoms with E-state index in [-0.39, 0.29) is 0 Å². The standard InChI is InChI=1S/C10H16/c1-9-3-2-4-10(9)6-8(5-9)7-10/h8H,2-7H2,1H3. The third kappa shape index (κ3) is 0.383. The van der Waals surface area contributed by atoms with E-state index in [1.165, 1.54) is 6.42 Å². The monoisotopic (exact) mass is 136 g/mol.